The lowest BCUT2D eigenvalue weighted by atomic mass is 9.97. The molecule has 1 aromatic heterocycles. The van der Waals surface area contributed by atoms with Gasteiger partial charge in [0, 0.05) is 0 Å². The van der Waals surface area contributed by atoms with Gasteiger partial charge >= 0.3 is 0 Å². The molecular formula is C15H23NO3. The third kappa shape index (κ3) is 4.39. The molecule has 1 aliphatic rings. The van der Waals surface area contributed by atoms with E-state index in [2.05, 4.69) is 5.32 Å². The number of carbonyl (C=O) groups is 1. The van der Waals surface area contributed by atoms with Crippen molar-refractivity contribution in [1.29, 1.82) is 0 Å². The van der Waals surface area contributed by atoms with Gasteiger partial charge in [0.05, 0.1) is 18.9 Å². The molecule has 1 heterocycles. The van der Waals surface area contributed by atoms with E-state index in [1.165, 1.54) is 19.3 Å². The van der Waals surface area contributed by atoms with Gasteiger partial charge in [-0.15, -0.1) is 0 Å². The number of hydrogen-bond acceptors (Lipinski definition) is 3. The van der Waals surface area contributed by atoms with Crippen LogP contribution in [0.4, 0.5) is 0 Å². The van der Waals surface area contributed by atoms with Gasteiger partial charge in [-0.05, 0) is 31.4 Å². The average molecular weight is 265 g/mol. The Kier molecular flexibility index (Phi) is 5.45. The number of furan rings is 1. The summed E-state index contributed by atoms with van der Waals surface area (Å²) in [4.78, 5) is 12.1. The number of hydrogen-bond donors (Lipinski definition) is 1. The molecule has 0 aliphatic heterocycles. The molecule has 1 unspecified atom stereocenters. The van der Waals surface area contributed by atoms with Gasteiger partial charge in [0.15, 0.2) is 0 Å². The van der Waals surface area contributed by atoms with Crippen molar-refractivity contribution >= 4 is 5.91 Å². The molecule has 0 spiro atoms. The Bertz CT molecular complexity index is 369. The molecule has 1 N–H and O–H groups in total. The van der Waals surface area contributed by atoms with Gasteiger partial charge in [-0.3, -0.25) is 4.79 Å². The lowest BCUT2D eigenvalue weighted by molar-refractivity contribution is -0.138. The minimum atomic E-state index is -0.335. The fourth-order valence-corrected chi connectivity index (χ4v) is 2.48. The van der Waals surface area contributed by atoms with Crippen LogP contribution < -0.4 is 5.32 Å². The van der Waals surface area contributed by atoms with Crippen LogP contribution in [0.1, 0.15) is 51.2 Å². The van der Waals surface area contributed by atoms with E-state index in [4.69, 9.17) is 9.15 Å². The molecule has 0 aromatic carbocycles. The highest BCUT2D eigenvalue weighted by Gasteiger charge is 2.23. The molecule has 4 nitrogen and oxygen atoms in total. The molecule has 1 aromatic rings. The molecule has 1 fully saturated rings. The average Bonchev–Trinajstić information content (AvgIpc) is 2.96. The molecule has 106 valence electrons. The highest BCUT2D eigenvalue weighted by Crippen LogP contribution is 2.22. The molecule has 0 bridgehead atoms. The van der Waals surface area contributed by atoms with Gasteiger partial charge in [0.25, 0.3) is 0 Å². The summed E-state index contributed by atoms with van der Waals surface area (Å²) in [6.45, 7) is 2.41. The Morgan fingerprint density at radius 3 is 2.89 bits per heavy atom. The maximum absolute atomic E-state index is 12.1. The minimum Gasteiger partial charge on any atom is -0.467 e. The summed E-state index contributed by atoms with van der Waals surface area (Å²) in [6, 6.07) is 3.67. The highest BCUT2D eigenvalue weighted by molar-refractivity contribution is 5.80. The first-order chi connectivity index (χ1) is 9.29. The van der Waals surface area contributed by atoms with Crippen molar-refractivity contribution in [2.45, 2.75) is 64.2 Å². The van der Waals surface area contributed by atoms with Gasteiger partial charge in [-0.25, -0.2) is 0 Å². The third-order valence-electron chi connectivity index (χ3n) is 3.59. The number of rotatable bonds is 6. The predicted octanol–water partition coefficient (Wildman–Crippen LogP) is 3.02. The van der Waals surface area contributed by atoms with E-state index in [1.807, 2.05) is 19.1 Å². The summed E-state index contributed by atoms with van der Waals surface area (Å²) in [5.74, 6) is 0.727. The standard InChI is InChI=1S/C15H23NO3/c1-2-14(19-12-7-4-3-5-8-12)15(17)16-11-13-9-6-10-18-13/h6,9-10,12,14H,2-5,7-8,11H2,1H3,(H,16,17). The van der Waals surface area contributed by atoms with Crippen LogP contribution in [0, 0.1) is 0 Å². The van der Waals surface area contributed by atoms with Crippen molar-refractivity contribution in [3.8, 4) is 0 Å². The van der Waals surface area contributed by atoms with Crippen LogP contribution in [0.25, 0.3) is 0 Å². The van der Waals surface area contributed by atoms with Crippen molar-refractivity contribution < 1.29 is 13.9 Å². The van der Waals surface area contributed by atoms with Crippen LogP contribution >= 0.6 is 0 Å². The van der Waals surface area contributed by atoms with Gasteiger partial charge in [-0.2, -0.15) is 0 Å². The summed E-state index contributed by atoms with van der Waals surface area (Å²) < 4.78 is 11.1. The Hall–Kier alpha value is -1.29. The van der Waals surface area contributed by atoms with Crippen molar-refractivity contribution in [1.82, 2.24) is 5.32 Å². The summed E-state index contributed by atoms with van der Waals surface area (Å²) in [6.07, 6.45) is 8.14. The topological polar surface area (TPSA) is 51.5 Å². The van der Waals surface area contributed by atoms with Crippen molar-refractivity contribution in [3.05, 3.63) is 24.2 Å². The first-order valence-corrected chi connectivity index (χ1v) is 7.25. The third-order valence-corrected chi connectivity index (χ3v) is 3.59. The Morgan fingerprint density at radius 2 is 2.26 bits per heavy atom. The lowest BCUT2D eigenvalue weighted by Crippen LogP contribution is -2.38. The van der Waals surface area contributed by atoms with Crippen LogP contribution in [0.3, 0.4) is 0 Å². The van der Waals surface area contributed by atoms with E-state index < -0.39 is 0 Å². The van der Waals surface area contributed by atoms with E-state index in [0.717, 1.165) is 18.6 Å². The number of carbonyl (C=O) groups excluding carboxylic acids is 1. The summed E-state index contributed by atoms with van der Waals surface area (Å²) in [7, 11) is 0. The van der Waals surface area contributed by atoms with Gasteiger partial charge < -0.3 is 14.5 Å². The zero-order valence-corrected chi connectivity index (χ0v) is 11.6. The molecule has 1 saturated carbocycles. The zero-order chi connectivity index (χ0) is 13.5. The molecule has 1 aliphatic carbocycles. The van der Waals surface area contributed by atoms with Gasteiger partial charge in [0.1, 0.15) is 11.9 Å². The molecule has 19 heavy (non-hydrogen) atoms. The molecule has 1 atom stereocenters. The summed E-state index contributed by atoms with van der Waals surface area (Å²) >= 11 is 0. The Balaban J connectivity index is 1.77. The fraction of sp³-hybridized carbons (Fsp3) is 0.667. The lowest BCUT2D eigenvalue weighted by Gasteiger charge is -2.26. The van der Waals surface area contributed by atoms with Gasteiger partial charge in [0.2, 0.25) is 5.91 Å². The van der Waals surface area contributed by atoms with Crippen LogP contribution in [0.15, 0.2) is 22.8 Å². The number of ether oxygens (including phenoxy) is 1. The maximum atomic E-state index is 12.1. The second-order valence-corrected chi connectivity index (χ2v) is 5.09. The molecule has 0 radical (unpaired) electrons. The van der Waals surface area contributed by atoms with E-state index in [-0.39, 0.29) is 18.1 Å². The van der Waals surface area contributed by atoms with E-state index >= 15 is 0 Å². The smallest absolute Gasteiger partial charge is 0.249 e. The highest BCUT2D eigenvalue weighted by atomic mass is 16.5. The first-order valence-electron chi connectivity index (χ1n) is 7.25. The maximum Gasteiger partial charge on any atom is 0.249 e. The minimum absolute atomic E-state index is 0.0375. The SMILES string of the molecule is CCC(OC1CCCCC1)C(=O)NCc1ccco1. The second-order valence-electron chi connectivity index (χ2n) is 5.09. The monoisotopic (exact) mass is 265 g/mol. The zero-order valence-electron chi connectivity index (χ0n) is 11.6. The quantitative estimate of drug-likeness (QED) is 0.860. The molecular weight excluding hydrogens is 242 g/mol. The largest absolute Gasteiger partial charge is 0.467 e. The molecule has 4 heteroatoms. The van der Waals surface area contributed by atoms with Crippen LogP contribution in [-0.4, -0.2) is 18.1 Å². The van der Waals surface area contributed by atoms with Crippen molar-refractivity contribution in [2.24, 2.45) is 0 Å². The molecule has 2 rings (SSSR count). The van der Waals surface area contributed by atoms with Crippen LogP contribution in [0.2, 0.25) is 0 Å². The Morgan fingerprint density at radius 1 is 1.47 bits per heavy atom. The normalized spacial score (nSPS) is 18.2. The van der Waals surface area contributed by atoms with Crippen molar-refractivity contribution in [2.75, 3.05) is 0 Å². The van der Waals surface area contributed by atoms with Crippen LogP contribution in [-0.2, 0) is 16.1 Å². The second kappa shape index (κ2) is 7.34. The summed E-state index contributed by atoms with van der Waals surface area (Å²) in [5.41, 5.74) is 0. The van der Waals surface area contributed by atoms with Crippen LogP contribution in [0.5, 0.6) is 0 Å². The summed E-state index contributed by atoms with van der Waals surface area (Å²) in [5, 5.41) is 2.87. The number of amides is 1. The van der Waals surface area contributed by atoms with E-state index in [0.29, 0.717) is 13.0 Å². The van der Waals surface area contributed by atoms with E-state index in [1.54, 1.807) is 6.26 Å². The van der Waals surface area contributed by atoms with Gasteiger partial charge in [-0.1, -0.05) is 26.2 Å². The van der Waals surface area contributed by atoms with Crippen molar-refractivity contribution in [3.63, 3.8) is 0 Å². The first kappa shape index (κ1) is 14.1. The predicted molar refractivity (Wildman–Crippen MR) is 72.6 cm³/mol. The molecule has 0 saturated heterocycles. The van der Waals surface area contributed by atoms with E-state index in [9.17, 15) is 4.79 Å². The number of nitrogens with one attached hydrogen (secondary N) is 1. The molecule has 1 amide bonds. The fourth-order valence-electron chi connectivity index (χ4n) is 2.48. The Labute approximate surface area is 114 Å².